The molecule has 0 radical (unpaired) electrons. The van der Waals surface area contributed by atoms with Crippen molar-refractivity contribution in [3.05, 3.63) is 58.1 Å². The van der Waals surface area contributed by atoms with Gasteiger partial charge in [-0.25, -0.2) is 4.68 Å². The van der Waals surface area contributed by atoms with Gasteiger partial charge in [0.25, 0.3) is 0 Å². The second kappa shape index (κ2) is 5.43. The largest absolute Gasteiger partial charge is 0.236 e. The van der Waals surface area contributed by atoms with E-state index in [0.29, 0.717) is 6.42 Å². The molecule has 0 bridgehead atoms. The SMILES string of the molecule is Cc1cc(C)n(-c2nn3c(Cc4ccc(Cl)cc4)nnc3s2)n1. The Balaban J connectivity index is 1.72. The summed E-state index contributed by atoms with van der Waals surface area (Å²) in [7, 11) is 0. The molecule has 4 rings (SSSR count). The fourth-order valence-corrected chi connectivity index (χ4v) is 3.45. The first-order valence-electron chi connectivity index (χ1n) is 7.09. The van der Waals surface area contributed by atoms with Crippen LogP contribution in [0.3, 0.4) is 0 Å². The van der Waals surface area contributed by atoms with Gasteiger partial charge in [0.05, 0.1) is 5.69 Å². The van der Waals surface area contributed by atoms with E-state index in [0.717, 1.165) is 37.9 Å². The lowest BCUT2D eigenvalue weighted by atomic mass is 10.1. The van der Waals surface area contributed by atoms with Crippen LogP contribution in [0.5, 0.6) is 0 Å². The van der Waals surface area contributed by atoms with E-state index in [1.807, 2.05) is 48.9 Å². The number of aryl methyl sites for hydroxylation is 2. The van der Waals surface area contributed by atoms with Gasteiger partial charge >= 0.3 is 0 Å². The molecule has 8 heteroatoms. The van der Waals surface area contributed by atoms with Gasteiger partial charge < -0.3 is 0 Å². The Kier molecular flexibility index (Phi) is 3.39. The van der Waals surface area contributed by atoms with Crippen molar-refractivity contribution in [3.63, 3.8) is 0 Å². The topological polar surface area (TPSA) is 60.9 Å². The maximum atomic E-state index is 5.92. The molecule has 116 valence electrons. The van der Waals surface area contributed by atoms with Crippen molar-refractivity contribution in [1.82, 2.24) is 29.6 Å². The lowest BCUT2D eigenvalue weighted by molar-refractivity contribution is 0.773. The fraction of sp³-hybridized carbons (Fsp3) is 0.200. The molecule has 0 amide bonds. The molecule has 1 aromatic carbocycles. The third-order valence-electron chi connectivity index (χ3n) is 3.51. The average Bonchev–Trinajstić information content (AvgIpc) is 3.17. The van der Waals surface area contributed by atoms with Crippen molar-refractivity contribution in [2.75, 3.05) is 0 Å². The molecule has 3 aromatic heterocycles. The molecule has 0 N–H and O–H groups in total. The molecule has 0 saturated heterocycles. The van der Waals surface area contributed by atoms with Crippen LogP contribution in [0.15, 0.2) is 30.3 Å². The summed E-state index contributed by atoms with van der Waals surface area (Å²) in [6.45, 7) is 3.98. The van der Waals surface area contributed by atoms with Crippen molar-refractivity contribution in [2.24, 2.45) is 0 Å². The van der Waals surface area contributed by atoms with Crippen LogP contribution in [0.4, 0.5) is 0 Å². The number of benzene rings is 1. The number of fused-ring (bicyclic) bond motifs is 1. The lowest BCUT2D eigenvalue weighted by Crippen LogP contribution is -2.02. The van der Waals surface area contributed by atoms with Crippen LogP contribution in [-0.2, 0) is 6.42 Å². The van der Waals surface area contributed by atoms with Crippen LogP contribution >= 0.6 is 22.9 Å². The van der Waals surface area contributed by atoms with Crippen molar-refractivity contribution in [1.29, 1.82) is 0 Å². The van der Waals surface area contributed by atoms with Crippen LogP contribution in [-0.4, -0.2) is 29.6 Å². The van der Waals surface area contributed by atoms with E-state index < -0.39 is 0 Å². The minimum atomic E-state index is 0.651. The zero-order chi connectivity index (χ0) is 16.0. The van der Waals surface area contributed by atoms with Crippen LogP contribution in [0.2, 0.25) is 5.02 Å². The standard InChI is InChI=1S/C15H13ClN6S/c1-9-7-10(2)21(19-9)15-20-22-13(17-18-14(22)23-15)8-11-3-5-12(16)6-4-11/h3-7H,8H2,1-2H3. The molecule has 0 aliphatic heterocycles. The number of aromatic nitrogens is 6. The van der Waals surface area contributed by atoms with E-state index in [9.17, 15) is 0 Å². The highest BCUT2D eigenvalue weighted by molar-refractivity contribution is 7.18. The Bertz CT molecular complexity index is 981. The highest BCUT2D eigenvalue weighted by Crippen LogP contribution is 2.21. The maximum Gasteiger partial charge on any atom is 0.236 e. The summed E-state index contributed by atoms with van der Waals surface area (Å²) in [6.07, 6.45) is 0.651. The van der Waals surface area contributed by atoms with Gasteiger partial charge in [0, 0.05) is 17.1 Å². The van der Waals surface area contributed by atoms with Gasteiger partial charge in [-0.1, -0.05) is 35.1 Å². The van der Waals surface area contributed by atoms with E-state index >= 15 is 0 Å². The Labute approximate surface area is 141 Å². The number of halogens is 1. The quantitative estimate of drug-likeness (QED) is 0.572. The number of rotatable bonds is 3. The fourth-order valence-electron chi connectivity index (χ4n) is 2.45. The smallest absolute Gasteiger partial charge is 0.209 e. The monoisotopic (exact) mass is 344 g/mol. The predicted octanol–water partition coefficient (Wildman–Crippen LogP) is 3.23. The molecule has 0 saturated carbocycles. The second-order valence-electron chi connectivity index (χ2n) is 5.34. The third kappa shape index (κ3) is 2.62. The molecule has 4 aromatic rings. The summed E-state index contributed by atoms with van der Waals surface area (Å²) >= 11 is 7.39. The molecule has 3 heterocycles. The summed E-state index contributed by atoms with van der Waals surface area (Å²) in [5.41, 5.74) is 3.13. The van der Waals surface area contributed by atoms with Gasteiger partial charge in [0.2, 0.25) is 10.1 Å². The summed E-state index contributed by atoms with van der Waals surface area (Å²) in [5.74, 6) is 0.798. The van der Waals surface area contributed by atoms with E-state index in [2.05, 4.69) is 20.4 Å². The van der Waals surface area contributed by atoms with Crippen molar-refractivity contribution < 1.29 is 0 Å². The molecule has 0 spiro atoms. The summed E-state index contributed by atoms with van der Waals surface area (Å²) in [6, 6.07) is 9.74. The summed E-state index contributed by atoms with van der Waals surface area (Å²) in [5, 5.41) is 19.0. The van der Waals surface area contributed by atoms with Crippen molar-refractivity contribution >= 4 is 27.9 Å². The van der Waals surface area contributed by atoms with Crippen LogP contribution in [0.25, 0.3) is 10.1 Å². The molecule has 0 unspecified atom stereocenters. The first-order chi connectivity index (χ1) is 11.1. The lowest BCUT2D eigenvalue weighted by Gasteiger charge is -1.99. The minimum absolute atomic E-state index is 0.651. The van der Waals surface area contributed by atoms with Crippen molar-refractivity contribution in [3.8, 4) is 5.13 Å². The van der Waals surface area contributed by atoms with E-state index in [-0.39, 0.29) is 0 Å². The molecule has 0 aliphatic carbocycles. The van der Waals surface area contributed by atoms with Crippen LogP contribution in [0.1, 0.15) is 22.8 Å². The average molecular weight is 345 g/mol. The zero-order valence-corrected chi connectivity index (χ0v) is 14.1. The molecule has 0 atom stereocenters. The van der Waals surface area contributed by atoms with Crippen molar-refractivity contribution in [2.45, 2.75) is 20.3 Å². The molecule has 6 nitrogen and oxygen atoms in total. The van der Waals surface area contributed by atoms with Gasteiger partial charge in [-0.2, -0.15) is 9.61 Å². The Morgan fingerprint density at radius 2 is 1.87 bits per heavy atom. The minimum Gasteiger partial charge on any atom is -0.209 e. The van der Waals surface area contributed by atoms with Gasteiger partial charge in [0.1, 0.15) is 0 Å². The van der Waals surface area contributed by atoms with Gasteiger partial charge in [-0.05, 0) is 37.6 Å². The third-order valence-corrected chi connectivity index (χ3v) is 4.64. The molecule has 23 heavy (non-hydrogen) atoms. The normalized spacial score (nSPS) is 11.4. The molecular formula is C15H13ClN6S. The maximum absolute atomic E-state index is 5.92. The molecular weight excluding hydrogens is 332 g/mol. The first-order valence-corrected chi connectivity index (χ1v) is 8.29. The van der Waals surface area contributed by atoms with Gasteiger partial charge in [-0.3, -0.25) is 0 Å². The van der Waals surface area contributed by atoms with E-state index in [1.54, 1.807) is 4.52 Å². The Hall–Kier alpha value is -2.25. The Morgan fingerprint density at radius 3 is 2.57 bits per heavy atom. The number of hydrogen-bond acceptors (Lipinski definition) is 5. The number of nitrogens with zero attached hydrogens (tertiary/aromatic N) is 6. The van der Waals surface area contributed by atoms with Gasteiger partial charge in [0.15, 0.2) is 5.82 Å². The first kappa shape index (κ1) is 14.3. The second-order valence-corrected chi connectivity index (χ2v) is 6.71. The molecule has 0 aliphatic rings. The summed E-state index contributed by atoms with van der Waals surface area (Å²) < 4.78 is 3.62. The predicted molar refractivity (Wildman–Crippen MR) is 89.5 cm³/mol. The van der Waals surface area contributed by atoms with E-state index in [4.69, 9.17) is 11.6 Å². The van der Waals surface area contributed by atoms with Crippen LogP contribution in [0, 0.1) is 13.8 Å². The van der Waals surface area contributed by atoms with Crippen LogP contribution < -0.4 is 0 Å². The highest BCUT2D eigenvalue weighted by Gasteiger charge is 2.15. The number of hydrogen-bond donors (Lipinski definition) is 0. The highest BCUT2D eigenvalue weighted by atomic mass is 35.5. The zero-order valence-electron chi connectivity index (χ0n) is 12.6. The molecule has 0 fully saturated rings. The van der Waals surface area contributed by atoms with Gasteiger partial charge in [-0.15, -0.1) is 15.3 Å². The summed E-state index contributed by atoms with van der Waals surface area (Å²) in [4.78, 5) is 0.761. The van der Waals surface area contributed by atoms with E-state index in [1.165, 1.54) is 11.3 Å². The Morgan fingerprint density at radius 1 is 1.09 bits per heavy atom.